The summed E-state index contributed by atoms with van der Waals surface area (Å²) in [5, 5.41) is 6.21. The Morgan fingerprint density at radius 2 is 1.50 bits per heavy atom. The molecule has 0 atom stereocenters. The summed E-state index contributed by atoms with van der Waals surface area (Å²) in [6.45, 7) is 4.32. The molecule has 2 amide bonds. The van der Waals surface area contributed by atoms with E-state index in [0.717, 1.165) is 38.5 Å². The second-order valence-electron chi connectivity index (χ2n) is 7.62. The summed E-state index contributed by atoms with van der Waals surface area (Å²) in [5.74, 6) is 0.627. The summed E-state index contributed by atoms with van der Waals surface area (Å²) in [6.07, 6.45) is 7.95. The Kier molecular flexibility index (Phi) is 5.84. The van der Waals surface area contributed by atoms with E-state index < -0.39 is 0 Å². The third-order valence-electron chi connectivity index (χ3n) is 5.14. The van der Waals surface area contributed by atoms with E-state index in [1.165, 1.54) is 12.8 Å². The fourth-order valence-corrected chi connectivity index (χ4v) is 3.49. The third-order valence-corrected chi connectivity index (χ3v) is 5.14. The van der Waals surface area contributed by atoms with E-state index >= 15 is 0 Å². The Labute approximate surface area is 133 Å². The highest BCUT2D eigenvalue weighted by Crippen LogP contribution is 2.28. The lowest BCUT2D eigenvalue weighted by Crippen LogP contribution is -2.51. The van der Waals surface area contributed by atoms with Crippen LogP contribution in [0.2, 0.25) is 0 Å². The minimum Gasteiger partial charge on any atom is -0.353 e. The normalized spacial score (nSPS) is 26.7. The van der Waals surface area contributed by atoms with Gasteiger partial charge in [0.2, 0.25) is 11.8 Å². The molecule has 0 aromatic heterocycles. The molecule has 0 unspecified atom stereocenters. The first-order valence-corrected chi connectivity index (χ1v) is 8.74. The molecule has 2 fully saturated rings. The van der Waals surface area contributed by atoms with Crippen molar-refractivity contribution in [2.45, 2.75) is 76.8 Å². The van der Waals surface area contributed by atoms with Crippen LogP contribution in [0.15, 0.2) is 0 Å². The molecule has 0 bridgehead atoms. The maximum absolute atomic E-state index is 12.3. The molecular formula is C17H31N3O2. The quantitative estimate of drug-likeness (QED) is 0.723. The lowest BCUT2D eigenvalue weighted by atomic mass is 9.84. The van der Waals surface area contributed by atoms with Crippen LogP contribution in [-0.4, -0.2) is 29.9 Å². The van der Waals surface area contributed by atoms with E-state index in [2.05, 4.69) is 10.6 Å². The Morgan fingerprint density at radius 3 is 2.05 bits per heavy atom. The molecular weight excluding hydrogens is 278 g/mol. The summed E-state index contributed by atoms with van der Waals surface area (Å²) >= 11 is 0. The van der Waals surface area contributed by atoms with Gasteiger partial charge in [-0.25, -0.2) is 0 Å². The molecule has 2 aliphatic carbocycles. The second kappa shape index (κ2) is 7.44. The van der Waals surface area contributed by atoms with Crippen LogP contribution < -0.4 is 16.4 Å². The van der Waals surface area contributed by atoms with Crippen LogP contribution in [0.1, 0.15) is 65.2 Å². The first kappa shape index (κ1) is 17.3. The monoisotopic (exact) mass is 309 g/mol. The molecule has 0 aromatic rings. The zero-order valence-electron chi connectivity index (χ0n) is 14.0. The molecule has 0 saturated heterocycles. The van der Waals surface area contributed by atoms with Crippen molar-refractivity contribution < 1.29 is 9.59 Å². The summed E-state index contributed by atoms with van der Waals surface area (Å²) in [7, 11) is 0. The molecule has 5 nitrogen and oxygen atoms in total. The molecule has 0 aromatic carbocycles. The van der Waals surface area contributed by atoms with E-state index in [9.17, 15) is 9.59 Å². The van der Waals surface area contributed by atoms with Gasteiger partial charge in [0.25, 0.3) is 0 Å². The average molecular weight is 309 g/mol. The van der Waals surface area contributed by atoms with E-state index in [0.29, 0.717) is 6.54 Å². The van der Waals surface area contributed by atoms with Gasteiger partial charge in [-0.3, -0.25) is 9.59 Å². The number of rotatable bonds is 5. The summed E-state index contributed by atoms with van der Waals surface area (Å²) in [5.41, 5.74) is 5.32. The third kappa shape index (κ3) is 4.70. The van der Waals surface area contributed by atoms with Crippen LogP contribution in [-0.2, 0) is 9.59 Å². The van der Waals surface area contributed by atoms with Gasteiger partial charge in [0, 0.05) is 30.0 Å². The molecule has 126 valence electrons. The largest absolute Gasteiger partial charge is 0.353 e. The van der Waals surface area contributed by atoms with Crippen molar-refractivity contribution in [2.75, 3.05) is 6.54 Å². The van der Waals surface area contributed by atoms with Gasteiger partial charge in [-0.2, -0.15) is 0 Å². The zero-order valence-corrected chi connectivity index (χ0v) is 14.0. The lowest BCUT2D eigenvalue weighted by molar-refractivity contribution is -0.128. The Hall–Kier alpha value is -1.10. The van der Waals surface area contributed by atoms with Gasteiger partial charge in [0.15, 0.2) is 0 Å². The zero-order chi connectivity index (χ0) is 16.2. The molecule has 0 heterocycles. The fourth-order valence-electron chi connectivity index (χ4n) is 3.49. The van der Waals surface area contributed by atoms with Gasteiger partial charge in [-0.1, -0.05) is 12.8 Å². The Balaban J connectivity index is 1.73. The molecule has 5 heteroatoms. The second-order valence-corrected chi connectivity index (χ2v) is 7.62. The fraction of sp³-hybridized carbons (Fsp3) is 0.882. The first-order valence-electron chi connectivity index (χ1n) is 8.74. The highest BCUT2D eigenvalue weighted by Gasteiger charge is 2.31. The van der Waals surface area contributed by atoms with Gasteiger partial charge < -0.3 is 16.4 Å². The highest BCUT2D eigenvalue weighted by molar-refractivity contribution is 5.80. The van der Waals surface area contributed by atoms with Crippen molar-refractivity contribution in [3.05, 3.63) is 0 Å². The number of hydrogen-bond donors (Lipinski definition) is 3. The van der Waals surface area contributed by atoms with Crippen molar-refractivity contribution in [3.63, 3.8) is 0 Å². The van der Waals surface area contributed by atoms with Gasteiger partial charge >= 0.3 is 0 Å². The van der Waals surface area contributed by atoms with Crippen molar-refractivity contribution in [1.29, 1.82) is 0 Å². The Bertz CT molecular complexity index is 395. The molecule has 2 saturated carbocycles. The minimum absolute atomic E-state index is 0.0606. The predicted molar refractivity (Wildman–Crippen MR) is 87.1 cm³/mol. The van der Waals surface area contributed by atoms with Crippen LogP contribution in [0.25, 0.3) is 0 Å². The molecule has 2 rings (SSSR count). The molecule has 4 N–H and O–H groups in total. The number of amides is 2. The highest BCUT2D eigenvalue weighted by atomic mass is 16.2. The molecule has 0 radical (unpaired) electrons. The minimum atomic E-state index is -0.343. The van der Waals surface area contributed by atoms with Crippen molar-refractivity contribution >= 4 is 11.8 Å². The molecule has 22 heavy (non-hydrogen) atoms. The van der Waals surface area contributed by atoms with Gasteiger partial charge in [0.05, 0.1) is 0 Å². The maximum Gasteiger partial charge on any atom is 0.223 e. The molecule has 2 aliphatic rings. The van der Waals surface area contributed by atoms with Gasteiger partial charge in [-0.05, 0) is 52.4 Å². The molecule has 0 spiro atoms. The van der Waals surface area contributed by atoms with Gasteiger partial charge in [0.1, 0.15) is 0 Å². The summed E-state index contributed by atoms with van der Waals surface area (Å²) < 4.78 is 0. The van der Waals surface area contributed by atoms with E-state index in [1.807, 2.05) is 13.8 Å². The smallest absolute Gasteiger partial charge is 0.223 e. The predicted octanol–water partition coefficient (Wildman–Crippen LogP) is 1.71. The average Bonchev–Trinajstić information content (AvgIpc) is 3.02. The van der Waals surface area contributed by atoms with Crippen LogP contribution in [0.5, 0.6) is 0 Å². The first-order chi connectivity index (χ1) is 10.4. The lowest BCUT2D eigenvalue weighted by Gasteiger charge is -2.32. The number of carbonyl (C=O) groups excluding carboxylic acids is 2. The summed E-state index contributed by atoms with van der Waals surface area (Å²) in [6, 6.07) is 0.250. The van der Waals surface area contributed by atoms with E-state index in [4.69, 9.17) is 5.73 Å². The van der Waals surface area contributed by atoms with E-state index in [1.54, 1.807) is 0 Å². The van der Waals surface area contributed by atoms with Crippen molar-refractivity contribution in [1.82, 2.24) is 10.6 Å². The topological polar surface area (TPSA) is 84.2 Å². The number of nitrogens with two attached hydrogens (primary N) is 1. The molecule has 0 aliphatic heterocycles. The number of carbonyl (C=O) groups is 2. The SMILES string of the molecule is CC(C)(CN)NC(=O)C1CCC(NC(=O)C2CCCC2)CC1. The van der Waals surface area contributed by atoms with Crippen molar-refractivity contribution in [2.24, 2.45) is 17.6 Å². The summed E-state index contributed by atoms with van der Waals surface area (Å²) in [4.78, 5) is 24.4. The Morgan fingerprint density at radius 1 is 0.955 bits per heavy atom. The maximum atomic E-state index is 12.3. The van der Waals surface area contributed by atoms with Gasteiger partial charge in [-0.15, -0.1) is 0 Å². The standard InChI is InChI=1S/C17H31N3O2/c1-17(2,11-18)20-16(22)13-7-9-14(10-8-13)19-15(21)12-5-3-4-6-12/h12-14H,3-11,18H2,1-2H3,(H,19,21)(H,20,22). The number of hydrogen-bond acceptors (Lipinski definition) is 3. The van der Waals surface area contributed by atoms with Crippen LogP contribution in [0, 0.1) is 11.8 Å². The number of nitrogens with one attached hydrogen (secondary N) is 2. The van der Waals surface area contributed by atoms with Crippen LogP contribution >= 0.6 is 0 Å². The van der Waals surface area contributed by atoms with E-state index in [-0.39, 0.29) is 35.2 Å². The van der Waals surface area contributed by atoms with Crippen LogP contribution in [0.3, 0.4) is 0 Å². The van der Waals surface area contributed by atoms with Crippen LogP contribution in [0.4, 0.5) is 0 Å². The van der Waals surface area contributed by atoms with Crippen molar-refractivity contribution in [3.8, 4) is 0 Å².